The van der Waals surface area contributed by atoms with Gasteiger partial charge >= 0.3 is 0 Å². The molecule has 1 aromatic heterocycles. The first-order chi connectivity index (χ1) is 6.22. The second-order valence-corrected chi connectivity index (χ2v) is 2.19. The fourth-order valence-electron chi connectivity index (χ4n) is 0.471. The number of pyridine rings is 1. The molecule has 14 heavy (non-hydrogen) atoms. The van der Waals surface area contributed by atoms with Crippen molar-refractivity contribution >= 4 is 0 Å². The zero-order valence-electron chi connectivity index (χ0n) is 9.62. The van der Waals surface area contributed by atoms with E-state index in [1.165, 1.54) is 0 Å². The van der Waals surface area contributed by atoms with E-state index < -0.39 is 0 Å². The van der Waals surface area contributed by atoms with Crippen molar-refractivity contribution in [2.45, 2.75) is 27.7 Å². The molecule has 0 saturated carbocycles. The zero-order chi connectivity index (χ0) is 10.7. The topological polar surface area (TPSA) is 12.9 Å². The van der Waals surface area contributed by atoms with Crippen molar-refractivity contribution in [3.8, 4) is 0 Å². The fourth-order valence-corrected chi connectivity index (χ4v) is 0.471. The van der Waals surface area contributed by atoms with Crippen LogP contribution in [0.25, 0.3) is 0 Å². The van der Waals surface area contributed by atoms with Gasteiger partial charge in [-0.2, -0.15) is 13.8 Å². The summed E-state index contributed by atoms with van der Waals surface area (Å²) in [4.78, 5) is 3.91. The van der Waals surface area contributed by atoms with Crippen molar-refractivity contribution in [2.75, 3.05) is 0 Å². The molecule has 1 aromatic rings. The van der Waals surface area contributed by atoms with E-state index in [1.54, 1.807) is 6.20 Å². The van der Waals surface area contributed by atoms with Crippen molar-refractivity contribution in [1.82, 2.24) is 4.98 Å². The number of nitrogens with zero attached hydrogens (tertiary/aromatic N) is 1. The van der Waals surface area contributed by atoms with E-state index in [-0.39, 0.29) is 18.6 Å². The Morgan fingerprint density at radius 3 is 1.86 bits per heavy atom. The van der Waals surface area contributed by atoms with Gasteiger partial charge in [-0.05, 0) is 6.20 Å². The average molecular weight is 229 g/mol. The molecule has 0 aliphatic carbocycles. The summed E-state index contributed by atoms with van der Waals surface area (Å²) in [5.74, 6) is 0. The monoisotopic (exact) mass is 229 g/mol. The summed E-state index contributed by atoms with van der Waals surface area (Å²) >= 11 is 0. The first kappa shape index (κ1) is 19.1. The van der Waals surface area contributed by atoms with Gasteiger partial charge in [0.05, 0.1) is 0 Å². The third-order valence-electron chi connectivity index (χ3n) is 0.985. The minimum Gasteiger partial charge on any atom is -0.359 e. The molecular weight excluding hydrogens is 209 g/mol. The maximum Gasteiger partial charge on any atom is 0 e. The number of hydrogen-bond acceptors (Lipinski definition) is 1. The van der Waals surface area contributed by atoms with Crippen LogP contribution in [0.15, 0.2) is 18.3 Å². The minimum absolute atomic E-state index is 0. The Hall–Kier alpha value is -0.526. The standard InChI is InChI=1S/C7H7N.C3H7.C2H6.V/c1-6-4-3-5-8-7(6)2;1-3-2;1-2;/h3-5H,1-2H2;3H,1-2H3;1-2H3;/q-2;-1;;. The van der Waals surface area contributed by atoms with Crippen molar-refractivity contribution in [3.63, 3.8) is 0 Å². The van der Waals surface area contributed by atoms with E-state index in [9.17, 15) is 0 Å². The second-order valence-electron chi connectivity index (χ2n) is 2.19. The van der Waals surface area contributed by atoms with E-state index >= 15 is 0 Å². The molecule has 0 amide bonds. The SMILES string of the molecule is CC.C[CH-]C.[CH2-]c1cccnc1[CH2-].[V]. The normalized spacial score (nSPS) is 6.86. The van der Waals surface area contributed by atoms with Crippen LogP contribution in [-0.4, -0.2) is 4.98 Å². The summed E-state index contributed by atoms with van der Waals surface area (Å²) in [6, 6.07) is 3.73. The van der Waals surface area contributed by atoms with E-state index in [0.717, 1.165) is 11.3 Å². The van der Waals surface area contributed by atoms with E-state index in [1.807, 2.05) is 46.2 Å². The Labute approximate surface area is 101 Å². The van der Waals surface area contributed by atoms with Gasteiger partial charge in [0, 0.05) is 18.6 Å². The molecule has 0 aliphatic heterocycles. The molecule has 1 radical (unpaired) electrons. The van der Waals surface area contributed by atoms with Crippen LogP contribution >= 0.6 is 0 Å². The van der Waals surface area contributed by atoms with Crippen molar-refractivity contribution in [3.05, 3.63) is 49.9 Å². The van der Waals surface area contributed by atoms with Gasteiger partial charge in [0.15, 0.2) is 0 Å². The Morgan fingerprint density at radius 1 is 1.21 bits per heavy atom. The van der Waals surface area contributed by atoms with Crippen molar-refractivity contribution in [2.24, 2.45) is 0 Å². The molecule has 0 atom stereocenters. The summed E-state index contributed by atoms with van der Waals surface area (Å²) in [6.45, 7) is 15.3. The van der Waals surface area contributed by atoms with Gasteiger partial charge in [0.25, 0.3) is 0 Å². The van der Waals surface area contributed by atoms with Gasteiger partial charge in [-0.15, -0.1) is 6.07 Å². The van der Waals surface area contributed by atoms with Crippen LogP contribution < -0.4 is 0 Å². The van der Waals surface area contributed by atoms with Gasteiger partial charge in [-0.25, -0.2) is 11.8 Å². The molecule has 2 heteroatoms. The maximum absolute atomic E-state index is 3.91. The van der Waals surface area contributed by atoms with Gasteiger partial charge in [-0.1, -0.05) is 13.8 Å². The number of rotatable bonds is 0. The van der Waals surface area contributed by atoms with Crippen LogP contribution in [0, 0.1) is 20.3 Å². The van der Waals surface area contributed by atoms with Gasteiger partial charge in [0.2, 0.25) is 0 Å². The molecule has 0 bridgehead atoms. The quantitative estimate of drug-likeness (QED) is 0.618. The smallest absolute Gasteiger partial charge is 0 e. The van der Waals surface area contributed by atoms with E-state index in [2.05, 4.69) is 18.8 Å². The third-order valence-corrected chi connectivity index (χ3v) is 0.985. The molecule has 1 rings (SSSR count). The molecule has 0 unspecified atom stereocenters. The molecule has 1 heterocycles. The van der Waals surface area contributed by atoms with Crippen LogP contribution in [0.5, 0.6) is 0 Å². The Kier molecular flexibility index (Phi) is 20.4. The van der Waals surface area contributed by atoms with Crippen molar-refractivity contribution in [1.29, 1.82) is 0 Å². The van der Waals surface area contributed by atoms with E-state index in [0.29, 0.717) is 0 Å². The van der Waals surface area contributed by atoms with E-state index in [4.69, 9.17) is 0 Å². The molecule has 0 N–H and O–H groups in total. The summed E-state index contributed by atoms with van der Waals surface area (Å²) in [6.07, 6.45) is 3.71. The second kappa shape index (κ2) is 15.0. The van der Waals surface area contributed by atoms with Crippen LogP contribution in [0.1, 0.15) is 39.0 Å². The Morgan fingerprint density at radius 2 is 1.64 bits per heavy atom. The third kappa shape index (κ3) is 11.5. The van der Waals surface area contributed by atoms with Crippen LogP contribution in [0.3, 0.4) is 0 Å². The molecule has 0 spiro atoms. The molecule has 1 nitrogen and oxygen atoms in total. The molecule has 0 fully saturated rings. The van der Waals surface area contributed by atoms with Gasteiger partial charge < -0.3 is 17.0 Å². The summed E-state index contributed by atoms with van der Waals surface area (Å²) in [5.41, 5.74) is 1.65. The molecule has 0 saturated heterocycles. The Bertz CT molecular complexity index is 178. The first-order valence-electron chi connectivity index (χ1n) is 4.55. The largest absolute Gasteiger partial charge is 0.359 e. The summed E-state index contributed by atoms with van der Waals surface area (Å²) in [7, 11) is 0. The van der Waals surface area contributed by atoms with Gasteiger partial charge in [0.1, 0.15) is 0 Å². The number of aromatic nitrogens is 1. The number of hydrogen-bond donors (Lipinski definition) is 0. The average Bonchev–Trinajstić information content (AvgIpc) is 2.15. The van der Waals surface area contributed by atoms with Gasteiger partial charge in [-0.3, -0.25) is 13.8 Å². The Balaban J connectivity index is -0.000000176. The minimum atomic E-state index is 0. The molecular formula is C12H20NV-3. The first-order valence-corrected chi connectivity index (χ1v) is 4.55. The van der Waals surface area contributed by atoms with Crippen LogP contribution in [-0.2, 0) is 18.6 Å². The van der Waals surface area contributed by atoms with Crippen molar-refractivity contribution < 1.29 is 18.6 Å². The summed E-state index contributed by atoms with van der Waals surface area (Å²) < 4.78 is 0. The fraction of sp³-hybridized carbons (Fsp3) is 0.333. The molecule has 81 valence electrons. The molecule has 0 aromatic carbocycles. The molecule has 0 aliphatic rings. The predicted octanol–water partition coefficient (Wildman–Crippen LogP) is 3.70. The van der Waals surface area contributed by atoms with Crippen LogP contribution in [0.2, 0.25) is 0 Å². The maximum atomic E-state index is 3.91. The summed E-state index contributed by atoms with van der Waals surface area (Å²) in [5, 5.41) is 0. The van der Waals surface area contributed by atoms with Crippen LogP contribution in [0.4, 0.5) is 0 Å². The zero-order valence-corrected chi connectivity index (χ0v) is 11.0. The predicted molar refractivity (Wildman–Crippen MR) is 60.2 cm³/mol.